The summed E-state index contributed by atoms with van der Waals surface area (Å²) in [6.07, 6.45) is 2.49. The molecule has 0 N–H and O–H groups in total. The summed E-state index contributed by atoms with van der Waals surface area (Å²) < 4.78 is 18.3. The fourth-order valence-corrected chi connectivity index (χ4v) is 3.89. The normalized spacial score (nSPS) is 19.7. The minimum absolute atomic E-state index is 0.00198. The summed E-state index contributed by atoms with van der Waals surface area (Å²) in [5.41, 5.74) is 0.386. The van der Waals surface area contributed by atoms with Crippen LogP contribution in [0.25, 0.3) is 0 Å². The highest BCUT2D eigenvalue weighted by Gasteiger charge is 2.48. The number of likely N-dealkylation sites (tertiary alicyclic amines) is 2. The van der Waals surface area contributed by atoms with E-state index in [1.165, 1.54) is 12.1 Å². The Morgan fingerprint density at radius 3 is 2.64 bits per heavy atom. The van der Waals surface area contributed by atoms with Crippen molar-refractivity contribution in [3.63, 3.8) is 0 Å². The standard InChI is InChI=1S/C19H25FN2O3/c1-25-12-11-22-10-7-19(18(22)24)5-8-21(9-6-19)17(23)14-15-3-2-4-16(20)13-15/h2-4,13H,5-12,14H2,1H3. The van der Waals surface area contributed by atoms with E-state index >= 15 is 0 Å². The van der Waals surface area contributed by atoms with Crippen molar-refractivity contribution in [3.05, 3.63) is 35.6 Å². The van der Waals surface area contributed by atoms with Crippen molar-refractivity contribution in [2.24, 2.45) is 5.41 Å². The Kier molecular flexibility index (Phi) is 5.37. The molecule has 1 aromatic carbocycles. The number of halogens is 1. The minimum atomic E-state index is -0.324. The number of ether oxygens (including phenoxy) is 1. The van der Waals surface area contributed by atoms with E-state index in [9.17, 15) is 14.0 Å². The lowest BCUT2D eigenvalue weighted by Crippen LogP contribution is -2.47. The predicted octanol–water partition coefficient (Wildman–Crippen LogP) is 1.86. The Hall–Kier alpha value is -1.95. The molecule has 0 radical (unpaired) electrons. The van der Waals surface area contributed by atoms with Crippen LogP contribution in [0.4, 0.5) is 4.39 Å². The average molecular weight is 348 g/mol. The zero-order valence-corrected chi connectivity index (χ0v) is 14.7. The molecule has 3 rings (SSSR count). The third kappa shape index (κ3) is 3.84. The Bertz CT molecular complexity index is 641. The second-order valence-corrected chi connectivity index (χ2v) is 7.00. The average Bonchev–Trinajstić information content (AvgIpc) is 2.90. The lowest BCUT2D eigenvalue weighted by Gasteiger charge is -2.38. The zero-order valence-electron chi connectivity index (χ0n) is 14.7. The van der Waals surface area contributed by atoms with Gasteiger partial charge in [0.25, 0.3) is 0 Å². The van der Waals surface area contributed by atoms with Crippen molar-refractivity contribution >= 4 is 11.8 Å². The molecule has 6 heteroatoms. The molecular formula is C19H25FN2O3. The summed E-state index contributed by atoms with van der Waals surface area (Å²) in [6.45, 7) is 3.16. The van der Waals surface area contributed by atoms with Gasteiger partial charge in [0.05, 0.1) is 18.4 Å². The molecule has 2 heterocycles. The molecule has 2 fully saturated rings. The second kappa shape index (κ2) is 7.52. The Labute approximate surface area is 147 Å². The molecule has 0 atom stereocenters. The molecule has 1 spiro atoms. The summed E-state index contributed by atoms with van der Waals surface area (Å²) in [5.74, 6) is -0.112. The number of carbonyl (C=O) groups is 2. The van der Waals surface area contributed by atoms with Gasteiger partial charge < -0.3 is 14.5 Å². The van der Waals surface area contributed by atoms with Crippen LogP contribution in [0.3, 0.4) is 0 Å². The number of hydrogen-bond acceptors (Lipinski definition) is 3. The minimum Gasteiger partial charge on any atom is -0.383 e. The monoisotopic (exact) mass is 348 g/mol. The summed E-state index contributed by atoms with van der Waals surface area (Å²) in [5, 5.41) is 0. The van der Waals surface area contributed by atoms with Crippen molar-refractivity contribution in [2.75, 3.05) is 39.9 Å². The maximum atomic E-state index is 13.3. The Morgan fingerprint density at radius 1 is 1.24 bits per heavy atom. The molecule has 2 aliphatic rings. The third-order valence-electron chi connectivity index (χ3n) is 5.48. The molecule has 25 heavy (non-hydrogen) atoms. The van der Waals surface area contributed by atoms with Gasteiger partial charge in [0.1, 0.15) is 5.82 Å². The first kappa shape index (κ1) is 17.9. The summed E-state index contributed by atoms with van der Waals surface area (Å²) >= 11 is 0. The Balaban J connectivity index is 1.55. The van der Waals surface area contributed by atoms with Crippen LogP contribution in [0.5, 0.6) is 0 Å². The molecular weight excluding hydrogens is 323 g/mol. The van der Waals surface area contributed by atoms with E-state index in [-0.39, 0.29) is 29.5 Å². The topological polar surface area (TPSA) is 49.9 Å². The number of piperidine rings is 1. The van der Waals surface area contributed by atoms with Gasteiger partial charge in [-0.05, 0) is 37.0 Å². The lowest BCUT2D eigenvalue weighted by atomic mass is 9.77. The van der Waals surface area contributed by atoms with Crippen LogP contribution in [-0.4, -0.2) is 61.5 Å². The maximum absolute atomic E-state index is 13.3. The van der Waals surface area contributed by atoms with Crippen molar-refractivity contribution in [1.82, 2.24) is 9.80 Å². The molecule has 0 saturated carbocycles. The number of amides is 2. The van der Waals surface area contributed by atoms with Gasteiger partial charge in [-0.1, -0.05) is 12.1 Å². The van der Waals surface area contributed by atoms with Gasteiger partial charge >= 0.3 is 0 Å². The molecule has 5 nitrogen and oxygen atoms in total. The van der Waals surface area contributed by atoms with Crippen molar-refractivity contribution < 1.29 is 18.7 Å². The highest BCUT2D eigenvalue weighted by Crippen LogP contribution is 2.41. The largest absolute Gasteiger partial charge is 0.383 e. The summed E-state index contributed by atoms with van der Waals surface area (Å²) in [7, 11) is 1.64. The van der Waals surface area contributed by atoms with Crippen LogP contribution in [-0.2, 0) is 20.7 Å². The van der Waals surface area contributed by atoms with Crippen molar-refractivity contribution in [2.45, 2.75) is 25.7 Å². The van der Waals surface area contributed by atoms with Crippen LogP contribution >= 0.6 is 0 Å². The first-order valence-electron chi connectivity index (χ1n) is 8.85. The molecule has 0 aromatic heterocycles. The SMILES string of the molecule is COCCN1CCC2(CCN(C(=O)Cc3cccc(F)c3)CC2)C1=O. The van der Waals surface area contributed by atoms with Gasteiger partial charge in [-0.3, -0.25) is 9.59 Å². The predicted molar refractivity (Wildman–Crippen MR) is 91.4 cm³/mol. The molecule has 0 unspecified atom stereocenters. The molecule has 1 aromatic rings. The van der Waals surface area contributed by atoms with Gasteiger partial charge in [-0.15, -0.1) is 0 Å². The number of methoxy groups -OCH3 is 1. The fourth-order valence-electron chi connectivity index (χ4n) is 3.89. The first-order valence-corrected chi connectivity index (χ1v) is 8.85. The van der Waals surface area contributed by atoms with Gasteiger partial charge in [-0.2, -0.15) is 0 Å². The van der Waals surface area contributed by atoms with Gasteiger partial charge in [0.2, 0.25) is 11.8 Å². The first-order chi connectivity index (χ1) is 12.0. The van der Waals surface area contributed by atoms with Gasteiger partial charge in [-0.25, -0.2) is 4.39 Å². The van der Waals surface area contributed by atoms with Crippen molar-refractivity contribution in [3.8, 4) is 0 Å². The summed E-state index contributed by atoms with van der Waals surface area (Å²) in [6, 6.07) is 6.16. The highest BCUT2D eigenvalue weighted by molar-refractivity contribution is 5.85. The fraction of sp³-hybridized carbons (Fsp3) is 0.579. The quantitative estimate of drug-likeness (QED) is 0.816. The smallest absolute Gasteiger partial charge is 0.229 e. The number of carbonyl (C=O) groups excluding carboxylic acids is 2. The van der Waals surface area contributed by atoms with Crippen LogP contribution in [0.15, 0.2) is 24.3 Å². The zero-order chi connectivity index (χ0) is 17.9. The van der Waals surface area contributed by atoms with E-state index in [1.54, 1.807) is 24.1 Å². The maximum Gasteiger partial charge on any atom is 0.229 e. The molecule has 0 bridgehead atoms. The molecule has 2 amide bonds. The number of rotatable bonds is 5. The van der Waals surface area contributed by atoms with E-state index in [0.29, 0.717) is 44.6 Å². The van der Waals surface area contributed by atoms with Gasteiger partial charge in [0, 0.05) is 33.3 Å². The lowest BCUT2D eigenvalue weighted by molar-refractivity contribution is -0.142. The number of benzene rings is 1. The highest BCUT2D eigenvalue weighted by atomic mass is 19.1. The van der Waals surface area contributed by atoms with Crippen LogP contribution in [0.2, 0.25) is 0 Å². The second-order valence-electron chi connectivity index (χ2n) is 7.00. The molecule has 2 saturated heterocycles. The van der Waals surface area contributed by atoms with Gasteiger partial charge in [0.15, 0.2) is 0 Å². The van der Waals surface area contributed by atoms with E-state index in [4.69, 9.17) is 4.74 Å². The van der Waals surface area contributed by atoms with E-state index in [0.717, 1.165) is 13.0 Å². The van der Waals surface area contributed by atoms with Crippen LogP contribution in [0.1, 0.15) is 24.8 Å². The van der Waals surface area contributed by atoms with Crippen LogP contribution in [0, 0.1) is 11.2 Å². The number of hydrogen-bond donors (Lipinski definition) is 0. The molecule has 136 valence electrons. The van der Waals surface area contributed by atoms with E-state index in [1.807, 2.05) is 4.90 Å². The van der Waals surface area contributed by atoms with Crippen molar-refractivity contribution in [1.29, 1.82) is 0 Å². The van der Waals surface area contributed by atoms with E-state index in [2.05, 4.69) is 0 Å². The Morgan fingerprint density at radius 2 is 1.96 bits per heavy atom. The molecule has 2 aliphatic heterocycles. The molecule has 0 aliphatic carbocycles. The van der Waals surface area contributed by atoms with E-state index < -0.39 is 0 Å². The third-order valence-corrected chi connectivity index (χ3v) is 5.48. The van der Waals surface area contributed by atoms with Crippen LogP contribution < -0.4 is 0 Å². The summed E-state index contributed by atoms with van der Waals surface area (Å²) in [4.78, 5) is 28.9. The number of nitrogens with zero attached hydrogens (tertiary/aromatic N) is 2.